The number of halogens is 5. The Labute approximate surface area is 217 Å². The van der Waals surface area contributed by atoms with Gasteiger partial charge in [-0.25, -0.2) is 12.7 Å². The summed E-state index contributed by atoms with van der Waals surface area (Å²) in [5.74, 6) is 0.0267. The van der Waals surface area contributed by atoms with Gasteiger partial charge < -0.3 is 14.5 Å². The molecule has 0 bridgehead atoms. The highest BCUT2D eigenvalue weighted by Crippen LogP contribution is 2.36. The lowest BCUT2D eigenvalue weighted by Crippen LogP contribution is -2.50. The van der Waals surface area contributed by atoms with Gasteiger partial charge in [0, 0.05) is 51.5 Å². The average Bonchev–Trinajstić information content (AvgIpc) is 3.07. The minimum Gasteiger partial charge on any atom is -0.495 e. The first-order valence-corrected chi connectivity index (χ1v) is 13.3. The molecule has 200 valence electrons. The van der Waals surface area contributed by atoms with Crippen molar-refractivity contribution < 1.29 is 31.1 Å². The summed E-state index contributed by atoms with van der Waals surface area (Å²) in [6, 6.07) is 3.37. The molecule has 2 heterocycles. The maximum Gasteiger partial charge on any atom is 0.436 e. The Bertz CT molecular complexity index is 1250. The van der Waals surface area contributed by atoms with Gasteiger partial charge >= 0.3 is 6.18 Å². The molecule has 1 aromatic carbocycles. The van der Waals surface area contributed by atoms with Crippen molar-refractivity contribution in [1.82, 2.24) is 19.0 Å². The van der Waals surface area contributed by atoms with Crippen LogP contribution in [-0.2, 0) is 34.1 Å². The number of rotatable bonds is 7. The highest BCUT2D eigenvalue weighted by Gasteiger charge is 2.38. The summed E-state index contributed by atoms with van der Waals surface area (Å²) in [6.07, 6.45) is -3.61. The Morgan fingerprint density at radius 2 is 1.81 bits per heavy atom. The normalized spacial score (nSPS) is 15.1. The number of methoxy groups -OCH3 is 1. The van der Waals surface area contributed by atoms with Crippen LogP contribution in [-0.4, -0.2) is 79.9 Å². The topological polar surface area (TPSA) is 88.0 Å². The molecular formula is C21H26Cl2F3N5O4S. The Morgan fingerprint density at radius 1 is 1.19 bits per heavy atom. The summed E-state index contributed by atoms with van der Waals surface area (Å²) in [5.41, 5.74) is 0.213. The van der Waals surface area contributed by atoms with Crippen LogP contribution in [0.5, 0.6) is 5.75 Å². The lowest BCUT2D eigenvalue weighted by Gasteiger charge is -2.37. The maximum absolute atomic E-state index is 13.1. The number of carbonyl (C=O) groups is 1. The highest BCUT2D eigenvalue weighted by molar-refractivity contribution is 7.88. The first-order valence-electron chi connectivity index (χ1n) is 10.7. The maximum atomic E-state index is 13.1. The van der Waals surface area contributed by atoms with Gasteiger partial charge in [-0.05, 0) is 18.6 Å². The Kier molecular flexibility index (Phi) is 8.38. The second kappa shape index (κ2) is 10.6. The number of nitrogens with zero attached hydrogens (tertiary/aromatic N) is 5. The number of amides is 1. The van der Waals surface area contributed by atoms with Crippen LogP contribution in [0.4, 0.5) is 18.9 Å². The van der Waals surface area contributed by atoms with Crippen molar-refractivity contribution in [2.75, 3.05) is 51.5 Å². The van der Waals surface area contributed by atoms with E-state index in [0.29, 0.717) is 48.2 Å². The molecule has 0 aliphatic carbocycles. The SMILES string of the molecule is COc1cc(N2CCN(C(=O)Cn3nc(C(F)(F)F)c(Cl)c3C)CC2)c(CN(C)S(C)(=O)=O)cc1Cl. The first-order chi connectivity index (χ1) is 16.6. The summed E-state index contributed by atoms with van der Waals surface area (Å²) >= 11 is 12.1. The van der Waals surface area contributed by atoms with Gasteiger partial charge in [0.05, 0.1) is 29.1 Å². The van der Waals surface area contributed by atoms with Crippen molar-refractivity contribution >= 4 is 44.8 Å². The zero-order valence-electron chi connectivity index (χ0n) is 20.1. The van der Waals surface area contributed by atoms with E-state index in [1.54, 1.807) is 12.1 Å². The molecule has 1 fully saturated rings. The fourth-order valence-corrected chi connectivity index (χ4v) is 4.68. The van der Waals surface area contributed by atoms with E-state index in [4.69, 9.17) is 27.9 Å². The van der Waals surface area contributed by atoms with E-state index in [1.165, 1.54) is 30.3 Å². The molecule has 15 heteroatoms. The third-order valence-corrected chi connectivity index (χ3v) is 7.98. The molecule has 1 saturated heterocycles. The minimum atomic E-state index is -4.72. The molecule has 0 saturated carbocycles. The molecule has 9 nitrogen and oxygen atoms in total. The van der Waals surface area contributed by atoms with Gasteiger partial charge in [0.1, 0.15) is 12.3 Å². The Balaban J connectivity index is 1.75. The average molecular weight is 572 g/mol. The molecule has 36 heavy (non-hydrogen) atoms. The number of aromatic nitrogens is 2. The number of carbonyl (C=O) groups excluding carboxylic acids is 1. The smallest absolute Gasteiger partial charge is 0.436 e. The van der Waals surface area contributed by atoms with E-state index in [0.717, 1.165) is 10.9 Å². The van der Waals surface area contributed by atoms with Crippen molar-refractivity contribution in [3.63, 3.8) is 0 Å². The lowest BCUT2D eigenvalue weighted by atomic mass is 10.1. The van der Waals surface area contributed by atoms with Crippen molar-refractivity contribution in [3.05, 3.63) is 39.1 Å². The second-order valence-electron chi connectivity index (χ2n) is 8.41. The van der Waals surface area contributed by atoms with Gasteiger partial charge in [-0.1, -0.05) is 23.2 Å². The van der Waals surface area contributed by atoms with Crippen LogP contribution in [0.25, 0.3) is 0 Å². The van der Waals surface area contributed by atoms with E-state index >= 15 is 0 Å². The van der Waals surface area contributed by atoms with Gasteiger partial charge in [-0.3, -0.25) is 9.48 Å². The fraction of sp³-hybridized carbons (Fsp3) is 0.524. The molecule has 1 aliphatic rings. The number of piperazine rings is 1. The van der Waals surface area contributed by atoms with E-state index < -0.39 is 32.8 Å². The fourth-order valence-electron chi connectivity index (χ4n) is 3.80. The molecule has 0 N–H and O–H groups in total. The van der Waals surface area contributed by atoms with Crippen molar-refractivity contribution in [1.29, 1.82) is 0 Å². The van der Waals surface area contributed by atoms with Gasteiger partial charge in [0.15, 0.2) is 5.69 Å². The number of hydrogen-bond acceptors (Lipinski definition) is 6. The minimum absolute atomic E-state index is 0.0591. The molecule has 0 unspecified atom stereocenters. The van der Waals surface area contributed by atoms with Crippen LogP contribution in [0.2, 0.25) is 10.0 Å². The Hall–Kier alpha value is -2.22. The van der Waals surface area contributed by atoms with Crippen LogP contribution in [0.3, 0.4) is 0 Å². The van der Waals surface area contributed by atoms with Crippen LogP contribution in [0.1, 0.15) is 17.0 Å². The van der Waals surface area contributed by atoms with Crippen LogP contribution < -0.4 is 9.64 Å². The molecule has 0 spiro atoms. The zero-order chi connectivity index (χ0) is 27.0. The third-order valence-electron chi connectivity index (χ3n) is 5.97. The summed E-state index contributed by atoms with van der Waals surface area (Å²) in [7, 11) is -0.512. The number of ether oxygens (including phenoxy) is 1. The second-order valence-corrected chi connectivity index (χ2v) is 11.3. The van der Waals surface area contributed by atoms with Gasteiger partial charge in [-0.15, -0.1) is 0 Å². The highest BCUT2D eigenvalue weighted by atomic mass is 35.5. The van der Waals surface area contributed by atoms with Gasteiger partial charge in [0.2, 0.25) is 15.9 Å². The summed E-state index contributed by atoms with van der Waals surface area (Å²) in [4.78, 5) is 16.3. The van der Waals surface area contributed by atoms with Crippen LogP contribution >= 0.6 is 23.2 Å². The summed E-state index contributed by atoms with van der Waals surface area (Å²) in [6.45, 7) is 2.48. The molecule has 2 aromatic rings. The molecule has 0 atom stereocenters. The summed E-state index contributed by atoms with van der Waals surface area (Å²) < 4.78 is 70.6. The van der Waals surface area contributed by atoms with Gasteiger partial charge in [0.25, 0.3) is 0 Å². The number of hydrogen-bond donors (Lipinski definition) is 0. The molecule has 3 rings (SSSR count). The van der Waals surface area contributed by atoms with Crippen molar-refractivity contribution in [2.24, 2.45) is 0 Å². The van der Waals surface area contributed by atoms with E-state index in [1.807, 2.05) is 4.90 Å². The largest absolute Gasteiger partial charge is 0.495 e. The predicted molar refractivity (Wildman–Crippen MR) is 130 cm³/mol. The molecule has 1 aromatic heterocycles. The van der Waals surface area contributed by atoms with Crippen LogP contribution in [0.15, 0.2) is 12.1 Å². The molecule has 1 aliphatic heterocycles. The quantitative estimate of drug-likeness (QED) is 0.507. The third kappa shape index (κ3) is 6.18. The van der Waals surface area contributed by atoms with Gasteiger partial charge in [-0.2, -0.15) is 18.3 Å². The van der Waals surface area contributed by atoms with Crippen molar-refractivity contribution in [3.8, 4) is 5.75 Å². The number of alkyl halides is 3. The number of sulfonamides is 1. The molecular weight excluding hydrogens is 546 g/mol. The standard InChI is InChI=1S/C21H26Cl2F3N5O4S/c1-13-19(23)20(21(24,25)26)27-31(13)12-18(32)30-7-5-29(6-8-30)16-10-17(35-3)15(22)9-14(16)11-28(2)36(4,33)34/h9-10H,5-8,11-12H2,1-4H3. The van der Waals surface area contributed by atoms with Crippen LogP contribution in [0, 0.1) is 6.92 Å². The van der Waals surface area contributed by atoms with Crippen molar-refractivity contribution in [2.45, 2.75) is 26.2 Å². The first kappa shape index (κ1) is 28.4. The number of benzene rings is 1. The monoisotopic (exact) mass is 571 g/mol. The zero-order valence-corrected chi connectivity index (χ0v) is 22.4. The Morgan fingerprint density at radius 3 is 2.31 bits per heavy atom. The summed E-state index contributed by atoms with van der Waals surface area (Å²) in [5, 5.41) is 3.29. The number of anilines is 1. The predicted octanol–water partition coefficient (Wildman–Crippen LogP) is 3.27. The van der Waals surface area contributed by atoms with E-state index in [9.17, 15) is 26.4 Å². The van der Waals surface area contributed by atoms with E-state index in [-0.39, 0.29) is 18.8 Å². The van der Waals surface area contributed by atoms with E-state index in [2.05, 4.69) is 5.10 Å². The lowest BCUT2D eigenvalue weighted by molar-refractivity contribution is -0.142. The molecule has 0 radical (unpaired) electrons. The molecule has 1 amide bonds.